The van der Waals surface area contributed by atoms with Gasteiger partial charge in [0.2, 0.25) is 0 Å². The van der Waals surface area contributed by atoms with Crippen molar-refractivity contribution in [1.82, 2.24) is 0 Å². The molecule has 0 fully saturated rings. The largest absolute Gasteiger partial charge is 0.192 e. The van der Waals surface area contributed by atoms with Gasteiger partial charge in [0, 0.05) is 9.50 Å². The lowest BCUT2D eigenvalue weighted by atomic mass is 10.2. The van der Waals surface area contributed by atoms with Crippen LogP contribution in [0.5, 0.6) is 0 Å². The van der Waals surface area contributed by atoms with Gasteiger partial charge in [-0.1, -0.05) is 11.6 Å². The molecule has 0 aliphatic rings. The zero-order chi connectivity index (χ0) is 7.56. The molecule has 1 rings (SSSR count). The number of nitrogens with zero attached hydrogens (tertiary/aromatic N) is 1. The van der Waals surface area contributed by atoms with Gasteiger partial charge in [-0.3, -0.25) is 0 Å². The molecular weight excluding hydrogens is 213 g/mol. The summed E-state index contributed by atoms with van der Waals surface area (Å²) in [6.07, 6.45) is 0. The third-order valence-corrected chi connectivity index (χ3v) is 1.98. The topological polar surface area (TPSA) is 23.8 Å². The monoisotopic (exact) mass is 215 g/mol. The van der Waals surface area contributed by atoms with Crippen molar-refractivity contribution in [3.8, 4) is 6.07 Å². The number of nitriles is 1. The third-order valence-electron chi connectivity index (χ3n) is 1.05. The number of halogens is 2. The standard InChI is InChI=1S/C7H3BrClN/c8-7-2-1-6(9)3-5(7)4-10/h1-3H. The molecular formula is C7H3BrClN. The lowest BCUT2D eigenvalue weighted by Crippen LogP contribution is -1.75. The number of hydrogen-bond donors (Lipinski definition) is 0. The van der Waals surface area contributed by atoms with Crippen LogP contribution in [0, 0.1) is 11.3 Å². The molecule has 0 radical (unpaired) electrons. The Kier molecular flexibility index (Phi) is 2.31. The predicted octanol–water partition coefficient (Wildman–Crippen LogP) is 2.97. The van der Waals surface area contributed by atoms with Crippen LogP contribution in [0.4, 0.5) is 0 Å². The Balaban J connectivity index is 3.25. The normalized spacial score (nSPS) is 8.90. The molecule has 0 aliphatic carbocycles. The second-order valence-electron chi connectivity index (χ2n) is 1.74. The lowest BCUT2D eigenvalue weighted by molar-refractivity contribution is 1.47. The van der Waals surface area contributed by atoms with E-state index in [2.05, 4.69) is 15.9 Å². The molecule has 1 aromatic carbocycles. The molecule has 0 aliphatic heterocycles. The van der Waals surface area contributed by atoms with Gasteiger partial charge in [0.1, 0.15) is 6.07 Å². The van der Waals surface area contributed by atoms with Crippen molar-refractivity contribution < 1.29 is 0 Å². The zero-order valence-corrected chi connectivity index (χ0v) is 7.28. The minimum absolute atomic E-state index is 0.563. The summed E-state index contributed by atoms with van der Waals surface area (Å²) in [6, 6.07) is 7.10. The Morgan fingerprint density at radius 2 is 2.20 bits per heavy atom. The second-order valence-corrected chi connectivity index (χ2v) is 3.03. The van der Waals surface area contributed by atoms with E-state index in [1.165, 1.54) is 0 Å². The van der Waals surface area contributed by atoms with Gasteiger partial charge in [-0.15, -0.1) is 0 Å². The highest BCUT2D eigenvalue weighted by atomic mass is 79.9. The summed E-state index contributed by atoms with van der Waals surface area (Å²) in [7, 11) is 0. The van der Waals surface area contributed by atoms with E-state index in [1.54, 1.807) is 18.2 Å². The molecule has 10 heavy (non-hydrogen) atoms. The van der Waals surface area contributed by atoms with E-state index in [9.17, 15) is 0 Å². The molecule has 0 bridgehead atoms. The highest BCUT2D eigenvalue weighted by molar-refractivity contribution is 9.10. The maximum atomic E-state index is 8.50. The van der Waals surface area contributed by atoms with Gasteiger partial charge in [0.15, 0.2) is 0 Å². The molecule has 0 saturated heterocycles. The van der Waals surface area contributed by atoms with Crippen molar-refractivity contribution in [2.45, 2.75) is 0 Å². The minimum Gasteiger partial charge on any atom is -0.192 e. The van der Waals surface area contributed by atoms with Crippen LogP contribution in [0.1, 0.15) is 5.56 Å². The van der Waals surface area contributed by atoms with Crippen molar-refractivity contribution >= 4 is 27.5 Å². The van der Waals surface area contributed by atoms with Gasteiger partial charge in [0.05, 0.1) is 5.56 Å². The van der Waals surface area contributed by atoms with Gasteiger partial charge in [-0.05, 0) is 34.1 Å². The molecule has 0 spiro atoms. The van der Waals surface area contributed by atoms with E-state index in [-0.39, 0.29) is 0 Å². The first kappa shape index (κ1) is 7.59. The van der Waals surface area contributed by atoms with Crippen LogP contribution in [-0.4, -0.2) is 0 Å². The molecule has 0 unspecified atom stereocenters. The minimum atomic E-state index is 0.563. The first-order valence-electron chi connectivity index (χ1n) is 2.59. The Labute approximate surface area is 72.4 Å². The summed E-state index contributed by atoms with van der Waals surface area (Å²) in [5.41, 5.74) is 0.563. The summed E-state index contributed by atoms with van der Waals surface area (Å²) in [6.45, 7) is 0. The van der Waals surface area contributed by atoms with Crippen molar-refractivity contribution in [2.75, 3.05) is 0 Å². The van der Waals surface area contributed by atoms with Crippen LogP contribution in [0.25, 0.3) is 0 Å². The Hall–Kier alpha value is -0.520. The van der Waals surface area contributed by atoms with E-state index in [4.69, 9.17) is 16.9 Å². The van der Waals surface area contributed by atoms with Gasteiger partial charge in [-0.25, -0.2) is 0 Å². The van der Waals surface area contributed by atoms with Crippen molar-refractivity contribution in [3.63, 3.8) is 0 Å². The quantitative estimate of drug-likeness (QED) is 0.654. The number of hydrogen-bond acceptors (Lipinski definition) is 1. The Morgan fingerprint density at radius 3 is 2.70 bits per heavy atom. The average molecular weight is 216 g/mol. The summed E-state index contributed by atoms with van der Waals surface area (Å²) in [4.78, 5) is 0. The highest BCUT2D eigenvalue weighted by Gasteiger charge is 1.97. The van der Waals surface area contributed by atoms with Gasteiger partial charge in [0.25, 0.3) is 0 Å². The summed E-state index contributed by atoms with van der Waals surface area (Å²) < 4.78 is 0.777. The fourth-order valence-electron chi connectivity index (χ4n) is 0.583. The van der Waals surface area contributed by atoms with Crippen LogP contribution < -0.4 is 0 Å². The molecule has 0 N–H and O–H groups in total. The van der Waals surface area contributed by atoms with Crippen molar-refractivity contribution in [3.05, 3.63) is 33.3 Å². The first-order valence-corrected chi connectivity index (χ1v) is 3.76. The predicted molar refractivity (Wildman–Crippen MR) is 43.9 cm³/mol. The molecule has 0 amide bonds. The molecule has 1 nitrogen and oxygen atoms in total. The van der Waals surface area contributed by atoms with Crippen LogP contribution in [0.3, 0.4) is 0 Å². The summed E-state index contributed by atoms with van der Waals surface area (Å²) >= 11 is 8.83. The van der Waals surface area contributed by atoms with E-state index < -0.39 is 0 Å². The average Bonchev–Trinajstić information content (AvgIpc) is 1.94. The third kappa shape index (κ3) is 1.50. The van der Waals surface area contributed by atoms with Crippen LogP contribution >= 0.6 is 27.5 Å². The maximum absolute atomic E-state index is 8.50. The molecule has 0 aromatic heterocycles. The zero-order valence-electron chi connectivity index (χ0n) is 4.94. The number of rotatable bonds is 0. The molecule has 0 heterocycles. The van der Waals surface area contributed by atoms with E-state index in [0.717, 1.165) is 4.47 Å². The van der Waals surface area contributed by atoms with Crippen LogP contribution in [0.15, 0.2) is 22.7 Å². The van der Waals surface area contributed by atoms with Gasteiger partial charge < -0.3 is 0 Å². The molecule has 0 atom stereocenters. The molecule has 1 aromatic rings. The second kappa shape index (κ2) is 3.05. The Bertz CT molecular complexity index is 290. The van der Waals surface area contributed by atoms with E-state index >= 15 is 0 Å². The van der Waals surface area contributed by atoms with Crippen molar-refractivity contribution in [2.24, 2.45) is 0 Å². The van der Waals surface area contributed by atoms with E-state index in [1.807, 2.05) is 6.07 Å². The Morgan fingerprint density at radius 1 is 1.50 bits per heavy atom. The lowest BCUT2D eigenvalue weighted by Gasteiger charge is -1.92. The first-order chi connectivity index (χ1) is 4.74. The maximum Gasteiger partial charge on any atom is 0.100 e. The SMILES string of the molecule is N#Cc1cc(Cl)ccc1Br. The summed E-state index contributed by atoms with van der Waals surface area (Å²) in [5, 5.41) is 9.09. The fraction of sp³-hybridized carbons (Fsp3) is 0. The highest BCUT2D eigenvalue weighted by Crippen LogP contribution is 2.19. The van der Waals surface area contributed by atoms with Gasteiger partial charge in [-0.2, -0.15) is 5.26 Å². The van der Waals surface area contributed by atoms with Gasteiger partial charge >= 0.3 is 0 Å². The smallest absolute Gasteiger partial charge is 0.100 e. The number of benzene rings is 1. The molecule has 0 saturated carbocycles. The van der Waals surface area contributed by atoms with Crippen LogP contribution in [-0.2, 0) is 0 Å². The summed E-state index contributed by atoms with van der Waals surface area (Å²) in [5.74, 6) is 0. The van der Waals surface area contributed by atoms with Crippen LogP contribution in [0.2, 0.25) is 5.02 Å². The fourth-order valence-corrected chi connectivity index (χ4v) is 1.09. The van der Waals surface area contributed by atoms with Crippen molar-refractivity contribution in [1.29, 1.82) is 5.26 Å². The molecule has 3 heteroatoms. The molecule has 50 valence electrons. The van der Waals surface area contributed by atoms with E-state index in [0.29, 0.717) is 10.6 Å².